The number of hydrogen-bond donors (Lipinski definition) is 0. The number of epoxide rings is 1. The molecule has 4 fully saturated rings. The number of carbonyl (C=O) groups excluding carboxylic acids is 2. The monoisotopic (exact) mass is 340 g/mol. The number of allylic oxidation sites excluding steroid dienone is 1. The van der Waals surface area contributed by atoms with E-state index in [1.807, 2.05) is 13.0 Å². The Morgan fingerprint density at radius 1 is 1.12 bits per heavy atom. The van der Waals surface area contributed by atoms with E-state index in [-0.39, 0.29) is 16.6 Å². The minimum atomic E-state index is -0.681. The van der Waals surface area contributed by atoms with Crippen LogP contribution >= 0.6 is 0 Å². The third-order valence-corrected chi connectivity index (χ3v) is 9.32. The van der Waals surface area contributed by atoms with E-state index in [1.54, 1.807) is 0 Å². The van der Waals surface area contributed by atoms with Gasteiger partial charge in [-0.25, -0.2) is 0 Å². The zero-order valence-corrected chi connectivity index (χ0v) is 15.8. The molecular weight excluding hydrogens is 312 g/mol. The van der Waals surface area contributed by atoms with Gasteiger partial charge < -0.3 is 4.74 Å². The van der Waals surface area contributed by atoms with Crippen molar-refractivity contribution < 1.29 is 14.3 Å². The van der Waals surface area contributed by atoms with Crippen LogP contribution < -0.4 is 0 Å². The van der Waals surface area contributed by atoms with Gasteiger partial charge in [-0.3, -0.25) is 9.59 Å². The normalized spacial score (nSPS) is 56.6. The number of ether oxygens (including phenoxy) is 1. The molecule has 0 N–H and O–H groups in total. The van der Waals surface area contributed by atoms with Gasteiger partial charge in [-0.1, -0.05) is 26.0 Å². The molecule has 5 aliphatic rings. The molecule has 0 aromatic heterocycles. The van der Waals surface area contributed by atoms with Gasteiger partial charge >= 0.3 is 0 Å². The third-order valence-electron chi connectivity index (χ3n) is 9.32. The fraction of sp³-hybridized carbons (Fsp3) is 0.727. The van der Waals surface area contributed by atoms with E-state index in [0.29, 0.717) is 23.5 Å². The highest BCUT2D eigenvalue weighted by molar-refractivity contribution is 6.03. The average molecular weight is 340 g/mol. The second-order valence-electron chi connectivity index (χ2n) is 9.90. The lowest BCUT2D eigenvalue weighted by atomic mass is 9.43. The van der Waals surface area contributed by atoms with Crippen molar-refractivity contribution in [1.82, 2.24) is 0 Å². The van der Waals surface area contributed by atoms with E-state index in [0.717, 1.165) is 43.3 Å². The maximum absolute atomic E-state index is 12.7. The van der Waals surface area contributed by atoms with Crippen molar-refractivity contribution in [3.63, 3.8) is 0 Å². The molecule has 0 spiro atoms. The largest absolute Gasteiger partial charge is 0.353 e. The molecule has 1 aliphatic heterocycles. The molecule has 1 heterocycles. The Morgan fingerprint density at radius 2 is 1.84 bits per heavy atom. The average Bonchev–Trinajstić information content (AvgIpc) is 3.02. The van der Waals surface area contributed by atoms with Crippen molar-refractivity contribution >= 4 is 11.6 Å². The van der Waals surface area contributed by atoms with Crippen molar-refractivity contribution in [3.05, 3.63) is 23.8 Å². The van der Waals surface area contributed by atoms with E-state index >= 15 is 0 Å². The van der Waals surface area contributed by atoms with E-state index in [2.05, 4.69) is 27.4 Å². The first kappa shape index (κ1) is 16.0. The third kappa shape index (κ3) is 1.47. The Labute approximate surface area is 149 Å². The van der Waals surface area contributed by atoms with Gasteiger partial charge in [-0.05, 0) is 68.9 Å². The topological polar surface area (TPSA) is 46.7 Å². The molecular formula is C22H28O3. The molecule has 0 aromatic carbocycles. The van der Waals surface area contributed by atoms with Crippen molar-refractivity contribution in [2.75, 3.05) is 0 Å². The quantitative estimate of drug-likeness (QED) is 0.626. The number of Topliss-reactive ketones (excluding diaryl/α,β-unsaturated/α-hetero) is 1. The molecule has 5 rings (SSSR count). The Kier molecular flexibility index (Phi) is 2.68. The molecule has 1 saturated heterocycles. The predicted molar refractivity (Wildman–Crippen MR) is 94.9 cm³/mol. The summed E-state index contributed by atoms with van der Waals surface area (Å²) in [6.45, 7) is 12.9. The van der Waals surface area contributed by atoms with Crippen LogP contribution in [0, 0.1) is 28.6 Å². The molecule has 7 atom stereocenters. The van der Waals surface area contributed by atoms with Crippen LogP contribution in [0.1, 0.15) is 59.8 Å². The van der Waals surface area contributed by atoms with Gasteiger partial charge in [0.25, 0.3) is 0 Å². The molecule has 25 heavy (non-hydrogen) atoms. The second kappa shape index (κ2) is 4.19. The molecule has 3 heteroatoms. The van der Waals surface area contributed by atoms with Gasteiger partial charge in [0.1, 0.15) is 11.4 Å². The van der Waals surface area contributed by atoms with Gasteiger partial charge in [0.15, 0.2) is 11.4 Å². The van der Waals surface area contributed by atoms with Crippen LogP contribution in [0.3, 0.4) is 0 Å². The fourth-order valence-electron chi connectivity index (χ4n) is 7.42. The lowest BCUT2D eigenvalue weighted by Gasteiger charge is -2.58. The lowest BCUT2D eigenvalue weighted by molar-refractivity contribution is -0.132. The Bertz CT molecular complexity index is 778. The number of rotatable bonds is 0. The van der Waals surface area contributed by atoms with Crippen molar-refractivity contribution in [2.45, 2.75) is 71.0 Å². The molecule has 3 saturated carbocycles. The van der Waals surface area contributed by atoms with Crippen LogP contribution in [-0.2, 0) is 14.3 Å². The van der Waals surface area contributed by atoms with Crippen LogP contribution in [0.4, 0.5) is 0 Å². The van der Waals surface area contributed by atoms with Crippen LogP contribution in [0.25, 0.3) is 0 Å². The summed E-state index contributed by atoms with van der Waals surface area (Å²) in [4.78, 5) is 25.2. The van der Waals surface area contributed by atoms with Gasteiger partial charge in [0, 0.05) is 17.3 Å². The van der Waals surface area contributed by atoms with Gasteiger partial charge in [-0.2, -0.15) is 0 Å². The molecule has 0 amide bonds. The van der Waals surface area contributed by atoms with E-state index < -0.39 is 11.2 Å². The minimum Gasteiger partial charge on any atom is -0.353 e. The van der Waals surface area contributed by atoms with Crippen molar-refractivity contribution in [1.29, 1.82) is 0 Å². The SMILES string of the molecule is C=C1C[C@@H]2[C@H](CC[C@]3(C)C(=O)CC[C@@H]23)[C@]2(C)C1=CC(=O)[C@]1(C)O[C@@]12C. The first-order valence-corrected chi connectivity index (χ1v) is 9.78. The highest BCUT2D eigenvalue weighted by atomic mass is 16.6. The van der Waals surface area contributed by atoms with Crippen molar-refractivity contribution in [3.8, 4) is 0 Å². The van der Waals surface area contributed by atoms with E-state index in [9.17, 15) is 9.59 Å². The molecule has 0 aromatic rings. The maximum atomic E-state index is 12.7. The highest BCUT2D eigenvalue weighted by Crippen LogP contribution is 2.73. The second-order valence-corrected chi connectivity index (χ2v) is 9.90. The summed E-state index contributed by atoms with van der Waals surface area (Å²) in [6, 6.07) is 0. The first-order valence-electron chi connectivity index (χ1n) is 9.78. The van der Waals surface area contributed by atoms with Gasteiger partial charge in [0.05, 0.1) is 0 Å². The lowest BCUT2D eigenvalue weighted by Crippen LogP contribution is -2.58. The number of ketones is 2. The molecule has 4 aliphatic carbocycles. The van der Waals surface area contributed by atoms with Crippen LogP contribution in [0.2, 0.25) is 0 Å². The van der Waals surface area contributed by atoms with Gasteiger partial charge in [-0.15, -0.1) is 0 Å². The molecule has 0 radical (unpaired) electrons. The summed E-state index contributed by atoms with van der Waals surface area (Å²) in [5.74, 6) is 1.97. The van der Waals surface area contributed by atoms with E-state index in [4.69, 9.17) is 4.74 Å². The summed E-state index contributed by atoms with van der Waals surface area (Å²) >= 11 is 0. The number of fused-ring (bicyclic) bond motifs is 7. The van der Waals surface area contributed by atoms with Crippen LogP contribution in [0.5, 0.6) is 0 Å². The summed E-state index contributed by atoms with van der Waals surface area (Å²) in [5, 5.41) is 0. The Balaban J connectivity index is 1.65. The highest BCUT2D eigenvalue weighted by Gasteiger charge is 2.80. The first-order chi connectivity index (χ1) is 11.6. The minimum absolute atomic E-state index is 0.0961. The summed E-state index contributed by atoms with van der Waals surface area (Å²) in [7, 11) is 0. The zero-order chi connectivity index (χ0) is 18.0. The Morgan fingerprint density at radius 3 is 2.56 bits per heavy atom. The number of carbonyl (C=O) groups is 2. The molecule has 0 unspecified atom stereocenters. The maximum Gasteiger partial charge on any atom is 0.190 e. The molecule has 3 nitrogen and oxygen atoms in total. The van der Waals surface area contributed by atoms with Gasteiger partial charge in [0.2, 0.25) is 0 Å². The summed E-state index contributed by atoms with van der Waals surface area (Å²) in [6.07, 6.45) is 6.55. The molecule has 0 bridgehead atoms. The molecule has 134 valence electrons. The number of hydrogen-bond acceptors (Lipinski definition) is 3. The van der Waals surface area contributed by atoms with Crippen molar-refractivity contribution in [2.24, 2.45) is 28.6 Å². The summed E-state index contributed by atoms with van der Waals surface area (Å²) < 4.78 is 6.18. The zero-order valence-electron chi connectivity index (χ0n) is 15.8. The standard InChI is InChI=1S/C22H28O3/c1-12-10-13-14-6-7-17(23)19(14,2)9-8-15(13)20(3)16(12)11-18(24)21(4)22(20,5)25-21/h11,13-15H,1,6-10H2,2-5H3/t13-,14-,15-,19-,20+,21-,22+/m0/s1. The fourth-order valence-corrected chi connectivity index (χ4v) is 7.42. The smallest absolute Gasteiger partial charge is 0.190 e. The van der Waals surface area contributed by atoms with Crippen LogP contribution in [0.15, 0.2) is 23.8 Å². The summed E-state index contributed by atoms with van der Waals surface area (Å²) in [5.41, 5.74) is 0.785. The van der Waals surface area contributed by atoms with Crippen LogP contribution in [-0.4, -0.2) is 22.8 Å². The Hall–Kier alpha value is -1.22. The predicted octanol–water partition coefficient (Wildman–Crippen LogP) is 4.02. The van der Waals surface area contributed by atoms with E-state index in [1.165, 1.54) is 0 Å².